The molecule has 3 heteroatoms. The van der Waals surface area contributed by atoms with Gasteiger partial charge in [0, 0.05) is 25.7 Å². The summed E-state index contributed by atoms with van der Waals surface area (Å²) in [7, 11) is 0. The molecule has 18 heavy (non-hydrogen) atoms. The van der Waals surface area contributed by atoms with Crippen LogP contribution < -0.4 is 10.2 Å². The van der Waals surface area contributed by atoms with E-state index in [1.54, 1.807) is 0 Å². The Morgan fingerprint density at radius 1 is 1.28 bits per heavy atom. The molecule has 2 aliphatic rings. The molecule has 0 unspecified atom stereocenters. The normalized spacial score (nSPS) is 18.9. The van der Waals surface area contributed by atoms with Crippen molar-refractivity contribution in [2.75, 3.05) is 18.0 Å². The summed E-state index contributed by atoms with van der Waals surface area (Å²) < 4.78 is 0. The Hall–Kier alpha value is -1.09. The van der Waals surface area contributed by atoms with E-state index in [0.29, 0.717) is 0 Å². The first-order valence-electron chi connectivity index (χ1n) is 7.29. The van der Waals surface area contributed by atoms with Gasteiger partial charge in [0.2, 0.25) is 0 Å². The van der Waals surface area contributed by atoms with Crippen molar-refractivity contribution >= 4 is 5.82 Å². The quantitative estimate of drug-likeness (QED) is 0.800. The van der Waals surface area contributed by atoms with Crippen LogP contribution >= 0.6 is 0 Å². The maximum absolute atomic E-state index is 4.79. The van der Waals surface area contributed by atoms with Crippen molar-refractivity contribution in [1.82, 2.24) is 10.3 Å². The minimum absolute atomic E-state index is 0.754. The highest BCUT2D eigenvalue weighted by molar-refractivity contribution is 5.39. The molecule has 0 saturated heterocycles. The average Bonchev–Trinajstić information content (AvgIpc) is 3.28. The highest BCUT2D eigenvalue weighted by Crippen LogP contribution is 2.31. The van der Waals surface area contributed by atoms with E-state index < -0.39 is 0 Å². The summed E-state index contributed by atoms with van der Waals surface area (Å²) in [6.45, 7) is 5.38. The summed E-state index contributed by atoms with van der Waals surface area (Å²) >= 11 is 0. The van der Waals surface area contributed by atoms with Crippen molar-refractivity contribution in [3.05, 3.63) is 23.9 Å². The van der Waals surface area contributed by atoms with Crippen molar-refractivity contribution in [2.24, 2.45) is 5.92 Å². The van der Waals surface area contributed by atoms with Crippen LogP contribution in [0.5, 0.6) is 0 Å². The molecular weight excluding hydrogens is 222 g/mol. The van der Waals surface area contributed by atoms with E-state index in [1.807, 2.05) is 0 Å². The predicted molar refractivity (Wildman–Crippen MR) is 74.7 cm³/mol. The Kier molecular flexibility index (Phi) is 3.50. The zero-order valence-electron chi connectivity index (χ0n) is 11.2. The van der Waals surface area contributed by atoms with Crippen LogP contribution in [0.3, 0.4) is 0 Å². The maximum Gasteiger partial charge on any atom is 0.128 e. The minimum atomic E-state index is 0.754. The van der Waals surface area contributed by atoms with E-state index in [9.17, 15) is 0 Å². The Morgan fingerprint density at radius 3 is 2.78 bits per heavy atom. The van der Waals surface area contributed by atoms with Crippen molar-refractivity contribution in [3.8, 4) is 0 Å². The minimum Gasteiger partial charge on any atom is -0.357 e. The Labute approximate surface area is 110 Å². The van der Waals surface area contributed by atoms with Crippen molar-refractivity contribution < 1.29 is 0 Å². The topological polar surface area (TPSA) is 28.2 Å². The third-order valence-electron chi connectivity index (χ3n) is 3.82. The van der Waals surface area contributed by atoms with Gasteiger partial charge in [-0.1, -0.05) is 6.07 Å². The van der Waals surface area contributed by atoms with Crippen LogP contribution in [0.15, 0.2) is 18.2 Å². The van der Waals surface area contributed by atoms with Crippen LogP contribution in [0.1, 0.15) is 38.3 Å². The van der Waals surface area contributed by atoms with E-state index in [4.69, 9.17) is 4.98 Å². The monoisotopic (exact) mass is 245 g/mol. The molecular formula is C15H23N3. The highest BCUT2D eigenvalue weighted by Gasteiger charge is 2.24. The zero-order valence-corrected chi connectivity index (χ0v) is 11.2. The second-order valence-corrected chi connectivity index (χ2v) is 5.62. The first kappa shape index (κ1) is 12.0. The number of anilines is 1. The molecule has 98 valence electrons. The molecule has 0 aliphatic heterocycles. The lowest BCUT2D eigenvalue weighted by Crippen LogP contribution is -2.26. The molecule has 0 radical (unpaired) electrons. The molecule has 3 nitrogen and oxygen atoms in total. The number of hydrogen-bond acceptors (Lipinski definition) is 3. The Bertz CT molecular complexity index is 396. The predicted octanol–water partition coefficient (Wildman–Crippen LogP) is 2.57. The molecule has 0 amide bonds. The van der Waals surface area contributed by atoms with Gasteiger partial charge in [0.05, 0.1) is 5.69 Å². The number of rotatable bonds is 7. The van der Waals surface area contributed by atoms with Crippen LogP contribution in [0.25, 0.3) is 0 Å². The number of nitrogens with zero attached hydrogens (tertiary/aromatic N) is 2. The summed E-state index contributed by atoms with van der Waals surface area (Å²) in [4.78, 5) is 7.20. The summed E-state index contributed by atoms with van der Waals surface area (Å²) in [6.07, 6.45) is 5.48. The van der Waals surface area contributed by atoms with E-state index in [0.717, 1.165) is 30.9 Å². The van der Waals surface area contributed by atoms with Crippen LogP contribution in [0, 0.1) is 5.92 Å². The van der Waals surface area contributed by atoms with Crippen LogP contribution in [-0.4, -0.2) is 24.1 Å². The van der Waals surface area contributed by atoms with Crippen LogP contribution in [-0.2, 0) is 6.54 Å². The van der Waals surface area contributed by atoms with Crippen molar-refractivity contribution in [2.45, 2.75) is 45.2 Å². The van der Waals surface area contributed by atoms with Gasteiger partial charge in [0.25, 0.3) is 0 Å². The zero-order chi connectivity index (χ0) is 12.4. The van der Waals surface area contributed by atoms with Gasteiger partial charge < -0.3 is 10.2 Å². The van der Waals surface area contributed by atoms with Gasteiger partial charge in [-0.05, 0) is 50.7 Å². The number of pyridine rings is 1. The van der Waals surface area contributed by atoms with Gasteiger partial charge in [-0.3, -0.25) is 0 Å². The molecule has 2 fully saturated rings. The Morgan fingerprint density at radius 2 is 2.11 bits per heavy atom. The molecule has 0 bridgehead atoms. The molecule has 1 aromatic heterocycles. The third-order valence-corrected chi connectivity index (χ3v) is 3.82. The van der Waals surface area contributed by atoms with Crippen molar-refractivity contribution in [3.63, 3.8) is 0 Å². The molecule has 1 aromatic rings. The second-order valence-electron chi connectivity index (χ2n) is 5.62. The van der Waals surface area contributed by atoms with E-state index in [-0.39, 0.29) is 0 Å². The number of aromatic nitrogens is 1. The second kappa shape index (κ2) is 5.27. The van der Waals surface area contributed by atoms with Crippen LogP contribution in [0.4, 0.5) is 5.82 Å². The van der Waals surface area contributed by atoms with Gasteiger partial charge in [0.1, 0.15) is 5.82 Å². The molecule has 2 saturated carbocycles. The van der Waals surface area contributed by atoms with Gasteiger partial charge in [-0.15, -0.1) is 0 Å². The lowest BCUT2D eigenvalue weighted by molar-refractivity contribution is 0.669. The number of nitrogens with one attached hydrogen (secondary N) is 1. The van der Waals surface area contributed by atoms with Gasteiger partial charge in [-0.2, -0.15) is 0 Å². The lowest BCUT2D eigenvalue weighted by atomic mass is 10.3. The smallest absolute Gasteiger partial charge is 0.128 e. The van der Waals surface area contributed by atoms with E-state index >= 15 is 0 Å². The molecule has 0 atom stereocenters. The fraction of sp³-hybridized carbons (Fsp3) is 0.667. The summed E-state index contributed by atoms with van der Waals surface area (Å²) in [6, 6.07) is 7.17. The molecule has 2 aliphatic carbocycles. The Balaban J connectivity index is 1.63. The third kappa shape index (κ3) is 3.22. The van der Waals surface area contributed by atoms with Crippen LogP contribution in [0.2, 0.25) is 0 Å². The highest BCUT2D eigenvalue weighted by atomic mass is 15.2. The fourth-order valence-electron chi connectivity index (χ4n) is 2.27. The fourth-order valence-corrected chi connectivity index (χ4v) is 2.27. The molecule has 1 heterocycles. The number of hydrogen-bond donors (Lipinski definition) is 1. The SMILES string of the molecule is CCN(CC1CC1)c1cccc(CNC2CC2)n1. The summed E-state index contributed by atoms with van der Waals surface area (Å²) in [5, 5.41) is 3.53. The van der Waals surface area contributed by atoms with Gasteiger partial charge >= 0.3 is 0 Å². The first-order valence-corrected chi connectivity index (χ1v) is 7.29. The van der Waals surface area contributed by atoms with Gasteiger partial charge in [0.15, 0.2) is 0 Å². The summed E-state index contributed by atoms with van der Waals surface area (Å²) in [5.41, 5.74) is 1.17. The summed E-state index contributed by atoms with van der Waals surface area (Å²) in [5.74, 6) is 2.07. The largest absolute Gasteiger partial charge is 0.357 e. The lowest BCUT2D eigenvalue weighted by Gasteiger charge is -2.22. The average molecular weight is 245 g/mol. The van der Waals surface area contributed by atoms with Gasteiger partial charge in [-0.25, -0.2) is 4.98 Å². The maximum atomic E-state index is 4.79. The molecule has 1 N–H and O–H groups in total. The molecule has 0 spiro atoms. The standard InChI is InChI=1S/C15H23N3/c1-2-18(11-12-6-7-12)15-5-3-4-14(17-15)10-16-13-8-9-13/h3-5,12-13,16H,2,6-11H2,1H3. The first-order chi connectivity index (χ1) is 8.85. The van der Waals surface area contributed by atoms with E-state index in [2.05, 4.69) is 35.3 Å². The van der Waals surface area contributed by atoms with Crippen molar-refractivity contribution in [1.29, 1.82) is 0 Å². The molecule has 0 aromatic carbocycles. The molecule has 3 rings (SSSR count). The van der Waals surface area contributed by atoms with E-state index in [1.165, 1.54) is 37.9 Å².